The highest BCUT2D eigenvalue weighted by Crippen LogP contribution is 1.92. The predicted octanol–water partition coefficient (Wildman–Crippen LogP) is -3.45. The van der Waals surface area contributed by atoms with Crippen LogP contribution < -0.4 is 27.8 Å². The van der Waals surface area contributed by atoms with Crippen LogP contribution in [0.3, 0.4) is 0 Å². The zero-order valence-corrected chi connectivity index (χ0v) is 27.1. The first-order valence-corrected chi connectivity index (χ1v) is 15.7. The van der Waals surface area contributed by atoms with Crippen LogP contribution in [0.4, 0.5) is 0 Å². The lowest BCUT2D eigenvalue weighted by molar-refractivity contribution is -0.125. The number of nitrogens with one attached hydrogen (secondary N) is 2. The molecule has 0 aliphatic carbocycles. The second-order valence-corrected chi connectivity index (χ2v) is 9.29. The fourth-order valence-corrected chi connectivity index (χ4v) is 3.33. The van der Waals surface area contributed by atoms with Gasteiger partial charge in [-0.05, 0) is 0 Å². The van der Waals surface area contributed by atoms with E-state index in [9.17, 15) is 9.59 Å². The highest BCUT2D eigenvalue weighted by molar-refractivity contribution is 5.81. The van der Waals surface area contributed by atoms with E-state index in [-0.39, 0.29) is 24.9 Å². The van der Waals surface area contributed by atoms with Crippen molar-refractivity contribution >= 4 is 11.8 Å². The molecule has 8 N–H and O–H groups in total. The molecule has 0 rings (SSSR count). The number of nitrogens with two attached hydrogens (primary N) is 3. The Balaban J connectivity index is 4.19. The molecule has 0 fully saturated rings. The number of hydrogen-bond acceptors (Lipinski definition) is 15. The lowest BCUT2D eigenvalue weighted by Gasteiger charge is -2.21. The third kappa shape index (κ3) is 35.1. The van der Waals surface area contributed by atoms with E-state index >= 15 is 0 Å². The maximum Gasteiger partial charge on any atom is 0.234 e. The van der Waals surface area contributed by atoms with Crippen molar-refractivity contribution in [3.8, 4) is 0 Å². The predicted molar refractivity (Wildman–Crippen MR) is 167 cm³/mol. The van der Waals surface area contributed by atoms with Crippen LogP contribution in [0.5, 0.6) is 0 Å². The molecule has 17 heteroatoms. The summed E-state index contributed by atoms with van der Waals surface area (Å²) in [5, 5.41) is 5.61. The second kappa shape index (κ2) is 36.9. The molecule has 0 aliphatic heterocycles. The van der Waals surface area contributed by atoms with Gasteiger partial charge in [0.25, 0.3) is 0 Å². The van der Waals surface area contributed by atoms with E-state index in [4.69, 9.17) is 59.8 Å². The Hall–Kier alpha value is -1.58. The Kier molecular flexibility index (Phi) is 35.6. The Morgan fingerprint density at radius 1 is 0.400 bits per heavy atom. The van der Waals surface area contributed by atoms with Gasteiger partial charge in [-0.3, -0.25) is 14.5 Å². The summed E-state index contributed by atoms with van der Waals surface area (Å²) in [5.41, 5.74) is 16.1. The molecule has 0 saturated heterocycles. The van der Waals surface area contributed by atoms with E-state index in [0.717, 1.165) is 0 Å². The first kappa shape index (κ1) is 43.4. The number of rotatable bonds is 37. The molecule has 0 aromatic carbocycles. The van der Waals surface area contributed by atoms with E-state index in [2.05, 4.69) is 10.6 Å². The molecule has 0 aromatic rings. The molecule has 0 radical (unpaired) electrons. The Labute approximate surface area is 268 Å². The maximum absolute atomic E-state index is 12.5. The van der Waals surface area contributed by atoms with Crippen molar-refractivity contribution in [2.45, 2.75) is 0 Å². The zero-order valence-electron chi connectivity index (χ0n) is 27.1. The number of hydrogen-bond donors (Lipinski definition) is 5. The van der Waals surface area contributed by atoms with Gasteiger partial charge in [0.05, 0.1) is 132 Å². The average molecular weight is 657 g/mol. The van der Waals surface area contributed by atoms with E-state index < -0.39 is 0 Å². The summed E-state index contributed by atoms with van der Waals surface area (Å²) in [7, 11) is 0. The summed E-state index contributed by atoms with van der Waals surface area (Å²) in [6.07, 6.45) is 0. The van der Waals surface area contributed by atoms with Crippen LogP contribution in [0, 0.1) is 0 Å². The molecule has 0 bridgehead atoms. The molecule has 0 unspecified atom stereocenters. The minimum atomic E-state index is -0.225. The SMILES string of the molecule is NCCOCCOCCOCCNC(=O)CN(CCOCCOCCOCCN)CC(=O)NCCOCCOCCOCCN. The first-order valence-electron chi connectivity index (χ1n) is 15.7. The first-order chi connectivity index (χ1) is 22.1. The number of nitrogens with zero attached hydrogens (tertiary/aromatic N) is 1. The summed E-state index contributed by atoms with van der Waals surface area (Å²) < 4.78 is 48.5. The summed E-state index contributed by atoms with van der Waals surface area (Å²) in [6.45, 7) is 10.4. The van der Waals surface area contributed by atoms with Crippen LogP contribution in [0.25, 0.3) is 0 Å². The number of carbonyl (C=O) groups is 2. The molecule has 0 aliphatic rings. The van der Waals surface area contributed by atoms with Gasteiger partial charge < -0.3 is 70.5 Å². The van der Waals surface area contributed by atoms with Crippen molar-refractivity contribution in [1.82, 2.24) is 15.5 Å². The van der Waals surface area contributed by atoms with Crippen molar-refractivity contribution in [1.29, 1.82) is 0 Å². The fraction of sp³-hybridized carbons (Fsp3) is 0.929. The smallest absolute Gasteiger partial charge is 0.234 e. The van der Waals surface area contributed by atoms with Gasteiger partial charge in [-0.1, -0.05) is 0 Å². The lowest BCUT2D eigenvalue weighted by Crippen LogP contribution is -2.45. The minimum absolute atomic E-state index is 0.0283. The topological polar surface area (TPSA) is 223 Å². The van der Waals surface area contributed by atoms with Crippen molar-refractivity contribution in [2.75, 3.05) is 171 Å². The average Bonchev–Trinajstić information content (AvgIpc) is 3.03. The highest BCUT2D eigenvalue weighted by Gasteiger charge is 2.14. The van der Waals surface area contributed by atoms with Gasteiger partial charge in [0, 0.05) is 39.3 Å². The monoisotopic (exact) mass is 656 g/mol. The zero-order chi connectivity index (χ0) is 32.9. The summed E-state index contributed by atoms with van der Waals surface area (Å²) in [6, 6.07) is 0. The molecular weight excluding hydrogens is 596 g/mol. The van der Waals surface area contributed by atoms with Crippen molar-refractivity contribution in [2.24, 2.45) is 17.2 Å². The van der Waals surface area contributed by atoms with E-state index in [1.807, 2.05) is 0 Å². The molecule has 17 nitrogen and oxygen atoms in total. The molecule has 0 aromatic heterocycles. The number of amides is 2. The van der Waals surface area contributed by atoms with Crippen LogP contribution in [0.1, 0.15) is 0 Å². The van der Waals surface area contributed by atoms with E-state index in [1.54, 1.807) is 4.90 Å². The molecular formula is C28H60N6O11. The van der Waals surface area contributed by atoms with Crippen molar-refractivity contribution in [3.63, 3.8) is 0 Å². The molecule has 0 heterocycles. The molecule has 268 valence electrons. The molecule has 45 heavy (non-hydrogen) atoms. The lowest BCUT2D eigenvalue weighted by atomic mass is 10.4. The van der Waals surface area contributed by atoms with Crippen LogP contribution in [-0.4, -0.2) is 188 Å². The molecule has 0 spiro atoms. The van der Waals surface area contributed by atoms with Crippen molar-refractivity contribution in [3.05, 3.63) is 0 Å². The van der Waals surface area contributed by atoms with Gasteiger partial charge in [0.2, 0.25) is 11.8 Å². The van der Waals surface area contributed by atoms with E-state index in [0.29, 0.717) is 158 Å². The maximum atomic E-state index is 12.5. The van der Waals surface area contributed by atoms with Crippen LogP contribution in [-0.2, 0) is 52.2 Å². The van der Waals surface area contributed by atoms with Gasteiger partial charge in [-0.25, -0.2) is 0 Å². The normalized spacial score (nSPS) is 11.4. The summed E-state index contributed by atoms with van der Waals surface area (Å²) in [5.74, 6) is -0.449. The third-order valence-electron chi connectivity index (χ3n) is 5.44. The standard InChI is InChI=1S/C28H60N6O11/c29-1-7-37-13-19-43-22-16-40-10-4-32-27(35)25-34(6-12-42-18-24-45-21-15-39-9-3-31)26-28(36)33-5-11-41-17-23-44-20-14-38-8-2-30/h1-26,29-31H2,(H,32,35)(H,33,36). The van der Waals surface area contributed by atoms with Gasteiger partial charge in [-0.2, -0.15) is 0 Å². The molecule has 0 saturated carbocycles. The Morgan fingerprint density at radius 3 is 0.978 bits per heavy atom. The van der Waals surface area contributed by atoms with Crippen molar-refractivity contribution < 1.29 is 52.2 Å². The molecule has 2 amide bonds. The molecule has 0 atom stereocenters. The number of ether oxygens (including phenoxy) is 9. The quantitative estimate of drug-likeness (QED) is 0.0410. The summed E-state index contributed by atoms with van der Waals surface area (Å²) in [4.78, 5) is 26.8. The third-order valence-corrected chi connectivity index (χ3v) is 5.44. The second-order valence-electron chi connectivity index (χ2n) is 9.29. The van der Waals surface area contributed by atoms with Crippen LogP contribution in [0.2, 0.25) is 0 Å². The Bertz CT molecular complexity index is 604. The van der Waals surface area contributed by atoms with Gasteiger partial charge in [0.1, 0.15) is 0 Å². The van der Waals surface area contributed by atoms with Gasteiger partial charge in [0.15, 0.2) is 0 Å². The van der Waals surface area contributed by atoms with Crippen LogP contribution in [0.15, 0.2) is 0 Å². The number of carbonyl (C=O) groups excluding carboxylic acids is 2. The Morgan fingerprint density at radius 2 is 0.667 bits per heavy atom. The van der Waals surface area contributed by atoms with E-state index in [1.165, 1.54) is 0 Å². The van der Waals surface area contributed by atoms with Gasteiger partial charge >= 0.3 is 0 Å². The minimum Gasteiger partial charge on any atom is -0.378 e. The fourth-order valence-electron chi connectivity index (χ4n) is 3.33. The summed E-state index contributed by atoms with van der Waals surface area (Å²) >= 11 is 0. The van der Waals surface area contributed by atoms with Gasteiger partial charge in [-0.15, -0.1) is 0 Å². The van der Waals surface area contributed by atoms with Crippen LogP contribution >= 0.6 is 0 Å². The largest absolute Gasteiger partial charge is 0.378 e. The highest BCUT2D eigenvalue weighted by atomic mass is 16.6.